The summed E-state index contributed by atoms with van der Waals surface area (Å²) in [6.45, 7) is 4.06. The zero-order chi connectivity index (χ0) is 21.1. The van der Waals surface area contributed by atoms with Crippen LogP contribution in [0.3, 0.4) is 0 Å². The molecule has 2 heterocycles. The van der Waals surface area contributed by atoms with Gasteiger partial charge in [0.1, 0.15) is 5.69 Å². The number of hydrogen-bond donors (Lipinski definition) is 1. The fourth-order valence-electron chi connectivity index (χ4n) is 2.67. The van der Waals surface area contributed by atoms with Crippen molar-refractivity contribution < 1.29 is 9.72 Å². The number of nitro benzene ring substituents is 1. The van der Waals surface area contributed by atoms with Gasteiger partial charge >= 0.3 is 0 Å². The van der Waals surface area contributed by atoms with Crippen molar-refractivity contribution in [3.05, 3.63) is 72.1 Å². The summed E-state index contributed by atoms with van der Waals surface area (Å²) < 4.78 is 1.27. The second-order valence-corrected chi connectivity index (χ2v) is 7.71. The van der Waals surface area contributed by atoms with E-state index in [0.717, 1.165) is 21.6 Å². The van der Waals surface area contributed by atoms with Gasteiger partial charge in [-0.2, -0.15) is 5.10 Å². The van der Waals surface area contributed by atoms with Gasteiger partial charge in [-0.25, -0.2) is 9.67 Å². The molecule has 0 aliphatic carbocycles. The number of carbonyl (C=O) groups is 1. The van der Waals surface area contributed by atoms with Crippen LogP contribution < -0.4 is 10.9 Å². The van der Waals surface area contributed by atoms with Gasteiger partial charge in [-0.15, -0.1) is 11.3 Å². The van der Waals surface area contributed by atoms with Crippen LogP contribution in [-0.2, 0) is 6.54 Å². The number of aromatic nitrogens is 3. The van der Waals surface area contributed by atoms with Crippen molar-refractivity contribution in [3.63, 3.8) is 0 Å². The maximum Gasteiger partial charge on any atom is 0.270 e. The molecule has 0 spiro atoms. The van der Waals surface area contributed by atoms with E-state index in [1.54, 1.807) is 6.07 Å². The molecule has 0 fully saturated rings. The van der Waals surface area contributed by atoms with Crippen LogP contribution in [0.25, 0.3) is 10.6 Å². The fourth-order valence-corrected chi connectivity index (χ4v) is 3.82. The third kappa shape index (κ3) is 4.66. The van der Waals surface area contributed by atoms with Crippen LogP contribution in [0.2, 0.25) is 5.02 Å². The predicted molar refractivity (Wildman–Crippen MR) is 110 cm³/mol. The monoisotopic (exact) mass is 433 g/mol. The molecule has 3 aromatic rings. The lowest BCUT2D eigenvalue weighted by molar-refractivity contribution is -0.384. The number of benzene rings is 1. The molecule has 0 saturated carbocycles. The first-order valence-corrected chi connectivity index (χ1v) is 9.70. The van der Waals surface area contributed by atoms with Gasteiger partial charge in [-0.1, -0.05) is 11.6 Å². The molecule has 150 valence electrons. The van der Waals surface area contributed by atoms with E-state index in [2.05, 4.69) is 15.4 Å². The van der Waals surface area contributed by atoms with Gasteiger partial charge in [-0.05, 0) is 26.0 Å². The quantitative estimate of drug-likeness (QED) is 0.471. The standard InChI is InChI=1S/C18H16ClN5O4S/c1-10-17(29-11(2)21-10)15-5-6-16(25)23(22-15)8-7-20-18(26)13-4-3-12(24(27)28)9-14(13)19/h3-6,9H,7-8H2,1-2H3,(H,20,26). The molecule has 1 N–H and O–H groups in total. The highest BCUT2D eigenvalue weighted by Crippen LogP contribution is 2.27. The third-order valence-corrected chi connectivity index (χ3v) is 5.43. The Balaban J connectivity index is 1.70. The number of nitrogens with one attached hydrogen (secondary N) is 1. The van der Waals surface area contributed by atoms with Gasteiger partial charge in [0.25, 0.3) is 17.2 Å². The van der Waals surface area contributed by atoms with Crippen LogP contribution in [0.1, 0.15) is 21.1 Å². The average molecular weight is 434 g/mol. The zero-order valence-electron chi connectivity index (χ0n) is 15.5. The van der Waals surface area contributed by atoms with Crippen molar-refractivity contribution in [2.75, 3.05) is 6.54 Å². The summed E-state index contributed by atoms with van der Waals surface area (Å²) in [5.41, 5.74) is 1.09. The maximum absolute atomic E-state index is 12.3. The summed E-state index contributed by atoms with van der Waals surface area (Å²) in [7, 11) is 0. The second-order valence-electron chi connectivity index (χ2n) is 6.10. The molecule has 0 aliphatic rings. The first-order chi connectivity index (χ1) is 13.8. The predicted octanol–water partition coefficient (Wildman–Crippen LogP) is 2.98. The van der Waals surface area contributed by atoms with E-state index >= 15 is 0 Å². The SMILES string of the molecule is Cc1nc(C)c(-c2ccc(=O)n(CCNC(=O)c3ccc([N+](=O)[O-])cc3Cl)n2)s1. The van der Waals surface area contributed by atoms with Crippen molar-refractivity contribution in [3.8, 4) is 10.6 Å². The fraction of sp³-hybridized carbons (Fsp3) is 0.222. The third-order valence-electron chi connectivity index (χ3n) is 4.02. The molecule has 29 heavy (non-hydrogen) atoms. The lowest BCUT2D eigenvalue weighted by Crippen LogP contribution is -2.32. The number of non-ortho nitro benzene ring substituents is 1. The first kappa shape index (κ1) is 20.6. The number of nitro groups is 1. The van der Waals surface area contributed by atoms with E-state index in [4.69, 9.17) is 11.6 Å². The topological polar surface area (TPSA) is 120 Å². The van der Waals surface area contributed by atoms with Crippen LogP contribution in [0.15, 0.2) is 35.1 Å². The van der Waals surface area contributed by atoms with E-state index in [0.29, 0.717) is 5.69 Å². The molecule has 0 radical (unpaired) electrons. The molecule has 11 heteroatoms. The van der Waals surface area contributed by atoms with Crippen molar-refractivity contribution in [1.82, 2.24) is 20.1 Å². The maximum atomic E-state index is 12.3. The summed E-state index contributed by atoms with van der Waals surface area (Å²) in [4.78, 5) is 39.8. The molecule has 0 aliphatic heterocycles. The van der Waals surface area contributed by atoms with Gasteiger partial charge < -0.3 is 5.32 Å². The summed E-state index contributed by atoms with van der Waals surface area (Å²) in [6, 6.07) is 6.68. The largest absolute Gasteiger partial charge is 0.350 e. The summed E-state index contributed by atoms with van der Waals surface area (Å²) >= 11 is 7.45. The lowest BCUT2D eigenvalue weighted by atomic mass is 10.2. The van der Waals surface area contributed by atoms with Gasteiger partial charge in [0.2, 0.25) is 0 Å². The number of hydrogen-bond acceptors (Lipinski definition) is 7. The van der Waals surface area contributed by atoms with E-state index in [-0.39, 0.29) is 34.9 Å². The van der Waals surface area contributed by atoms with E-state index in [1.165, 1.54) is 34.2 Å². The molecule has 1 amide bonds. The Kier molecular flexibility index (Phi) is 6.04. The number of rotatable bonds is 6. The van der Waals surface area contributed by atoms with Crippen LogP contribution in [0.5, 0.6) is 0 Å². The molecule has 3 rings (SSSR count). The molecule has 9 nitrogen and oxygen atoms in total. The van der Waals surface area contributed by atoms with Gasteiger partial charge in [0, 0.05) is 24.7 Å². The Morgan fingerprint density at radius 1 is 1.31 bits per heavy atom. The Labute approximate surface area is 174 Å². The minimum atomic E-state index is -0.592. The lowest BCUT2D eigenvalue weighted by Gasteiger charge is -2.09. The highest BCUT2D eigenvalue weighted by molar-refractivity contribution is 7.15. The Hall–Kier alpha value is -3.11. The number of carbonyl (C=O) groups excluding carboxylic acids is 1. The Morgan fingerprint density at radius 3 is 2.69 bits per heavy atom. The van der Waals surface area contributed by atoms with Gasteiger partial charge in [0.15, 0.2) is 0 Å². The van der Waals surface area contributed by atoms with Gasteiger partial charge in [0.05, 0.1) is 37.6 Å². The van der Waals surface area contributed by atoms with E-state index in [1.807, 2.05) is 13.8 Å². The van der Waals surface area contributed by atoms with Crippen molar-refractivity contribution >= 4 is 34.5 Å². The van der Waals surface area contributed by atoms with Crippen LogP contribution in [0.4, 0.5) is 5.69 Å². The smallest absolute Gasteiger partial charge is 0.270 e. The van der Waals surface area contributed by atoms with Crippen molar-refractivity contribution in [1.29, 1.82) is 0 Å². The van der Waals surface area contributed by atoms with Crippen LogP contribution >= 0.6 is 22.9 Å². The van der Waals surface area contributed by atoms with Crippen LogP contribution in [-0.4, -0.2) is 32.1 Å². The molecule has 1 aromatic carbocycles. The summed E-state index contributed by atoms with van der Waals surface area (Å²) in [5, 5.41) is 18.6. The molecule has 2 aromatic heterocycles. The second kappa shape index (κ2) is 8.50. The van der Waals surface area contributed by atoms with Crippen molar-refractivity contribution in [2.45, 2.75) is 20.4 Å². The minimum Gasteiger partial charge on any atom is -0.350 e. The Bertz CT molecular complexity index is 1160. The number of thiazole rings is 1. The normalized spacial score (nSPS) is 10.7. The average Bonchev–Trinajstić information content (AvgIpc) is 3.01. The molecular formula is C18H16ClN5O4S. The Morgan fingerprint density at radius 2 is 2.07 bits per heavy atom. The van der Waals surface area contributed by atoms with E-state index in [9.17, 15) is 19.7 Å². The molecule has 0 unspecified atom stereocenters. The summed E-state index contributed by atoms with van der Waals surface area (Å²) in [6.07, 6.45) is 0. The van der Waals surface area contributed by atoms with Crippen molar-refractivity contribution in [2.24, 2.45) is 0 Å². The number of aryl methyl sites for hydroxylation is 2. The first-order valence-electron chi connectivity index (χ1n) is 8.51. The highest BCUT2D eigenvalue weighted by Gasteiger charge is 2.15. The molecular weight excluding hydrogens is 418 g/mol. The highest BCUT2D eigenvalue weighted by atomic mass is 35.5. The minimum absolute atomic E-state index is 0.0231. The van der Waals surface area contributed by atoms with Crippen LogP contribution in [0, 0.1) is 24.0 Å². The molecule has 0 bridgehead atoms. The van der Waals surface area contributed by atoms with Gasteiger partial charge in [-0.3, -0.25) is 19.7 Å². The molecule has 0 saturated heterocycles. The summed E-state index contributed by atoms with van der Waals surface area (Å²) in [5.74, 6) is -0.497. The molecule has 0 atom stereocenters. The zero-order valence-corrected chi connectivity index (χ0v) is 17.1. The number of nitrogens with zero attached hydrogens (tertiary/aromatic N) is 4. The number of halogens is 1. The van der Waals surface area contributed by atoms with E-state index < -0.39 is 10.8 Å². The number of amides is 1.